The molecule has 2 rings (SSSR count). The number of carbonyl (C=O) groups is 2. The average molecular weight is 313 g/mol. The molecule has 0 aliphatic carbocycles. The lowest BCUT2D eigenvalue weighted by atomic mass is 9.99. The van der Waals surface area contributed by atoms with Gasteiger partial charge >= 0.3 is 6.03 Å². The lowest BCUT2D eigenvalue weighted by Gasteiger charge is -2.29. The van der Waals surface area contributed by atoms with Gasteiger partial charge in [-0.1, -0.05) is 27.7 Å². The molecule has 1 unspecified atom stereocenters. The molecular weight excluding hydrogens is 286 g/mol. The fourth-order valence-electron chi connectivity index (χ4n) is 3.06. The van der Waals surface area contributed by atoms with Crippen LogP contribution in [0.25, 0.3) is 0 Å². The van der Waals surface area contributed by atoms with Crippen LogP contribution in [0, 0.1) is 11.8 Å². The van der Waals surface area contributed by atoms with Crippen LogP contribution in [-0.2, 0) is 4.79 Å². The first kappa shape index (κ1) is 16.6. The summed E-state index contributed by atoms with van der Waals surface area (Å²) in [5.41, 5.74) is -0.622. The fourth-order valence-corrected chi connectivity index (χ4v) is 4.39. The van der Waals surface area contributed by atoms with Crippen molar-refractivity contribution in [2.24, 2.45) is 11.8 Å². The number of rotatable bonds is 6. The summed E-state index contributed by atoms with van der Waals surface area (Å²) in [4.78, 5) is 28.5. The minimum atomic E-state index is -0.622. The minimum absolute atomic E-state index is 0.0324. The molecule has 0 aromatic rings. The number of thioether (sulfide) groups is 1. The van der Waals surface area contributed by atoms with Gasteiger partial charge < -0.3 is 5.32 Å². The third kappa shape index (κ3) is 3.72. The van der Waals surface area contributed by atoms with E-state index in [9.17, 15) is 9.59 Å². The van der Waals surface area contributed by atoms with Gasteiger partial charge in [-0.05, 0) is 24.0 Å². The van der Waals surface area contributed by atoms with E-state index in [4.69, 9.17) is 0 Å². The zero-order chi connectivity index (χ0) is 15.6. The average Bonchev–Trinajstić information content (AvgIpc) is 2.90. The summed E-state index contributed by atoms with van der Waals surface area (Å²) in [7, 11) is 0. The van der Waals surface area contributed by atoms with Gasteiger partial charge in [0, 0.05) is 18.8 Å². The molecule has 1 spiro atoms. The predicted molar refractivity (Wildman–Crippen MR) is 86.2 cm³/mol. The van der Waals surface area contributed by atoms with Crippen LogP contribution in [0.3, 0.4) is 0 Å². The highest BCUT2D eigenvalue weighted by molar-refractivity contribution is 7.99. The molecule has 0 aromatic carbocycles. The molecule has 1 atom stereocenters. The van der Waals surface area contributed by atoms with Crippen molar-refractivity contribution >= 4 is 23.7 Å². The number of imide groups is 1. The zero-order valence-electron chi connectivity index (χ0n) is 13.5. The van der Waals surface area contributed by atoms with E-state index in [1.165, 1.54) is 4.90 Å². The molecular formula is C15H27N3O2S. The highest BCUT2D eigenvalue weighted by Crippen LogP contribution is 2.33. The van der Waals surface area contributed by atoms with Crippen LogP contribution >= 0.6 is 11.8 Å². The maximum atomic E-state index is 12.6. The van der Waals surface area contributed by atoms with Crippen molar-refractivity contribution in [3.05, 3.63) is 0 Å². The van der Waals surface area contributed by atoms with Crippen molar-refractivity contribution < 1.29 is 9.59 Å². The van der Waals surface area contributed by atoms with Crippen molar-refractivity contribution in [2.75, 3.05) is 31.3 Å². The molecule has 2 saturated heterocycles. The summed E-state index contributed by atoms with van der Waals surface area (Å²) >= 11 is 1.74. The molecule has 0 saturated carbocycles. The third-order valence-corrected chi connectivity index (χ3v) is 5.05. The first-order valence-corrected chi connectivity index (χ1v) is 8.94. The lowest BCUT2D eigenvalue weighted by Crippen LogP contribution is -2.48. The summed E-state index contributed by atoms with van der Waals surface area (Å²) < 4.78 is 0. The van der Waals surface area contributed by atoms with Crippen molar-refractivity contribution in [2.45, 2.75) is 39.7 Å². The SMILES string of the molecule is CC(C)CN(CC(C)C)CN1C(=O)NC2(CCSC2)C1=O. The summed E-state index contributed by atoms with van der Waals surface area (Å²) in [5.74, 6) is 2.65. The third-order valence-electron chi connectivity index (χ3n) is 3.86. The second-order valence-corrected chi connectivity index (χ2v) is 8.12. The molecule has 21 heavy (non-hydrogen) atoms. The van der Waals surface area contributed by atoms with E-state index in [0.717, 1.165) is 25.3 Å². The maximum absolute atomic E-state index is 12.6. The number of amides is 3. The van der Waals surface area contributed by atoms with E-state index in [0.29, 0.717) is 24.3 Å². The van der Waals surface area contributed by atoms with E-state index in [2.05, 4.69) is 37.9 Å². The molecule has 2 heterocycles. The first-order chi connectivity index (χ1) is 9.84. The topological polar surface area (TPSA) is 52.6 Å². The minimum Gasteiger partial charge on any atom is -0.322 e. The van der Waals surface area contributed by atoms with E-state index in [-0.39, 0.29) is 11.9 Å². The molecule has 0 radical (unpaired) electrons. The van der Waals surface area contributed by atoms with Gasteiger partial charge in [0.05, 0.1) is 6.67 Å². The van der Waals surface area contributed by atoms with Crippen molar-refractivity contribution in [3.8, 4) is 0 Å². The van der Waals surface area contributed by atoms with Gasteiger partial charge in [-0.15, -0.1) is 0 Å². The Morgan fingerprint density at radius 2 is 1.86 bits per heavy atom. The highest BCUT2D eigenvalue weighted by atomic mass is 32.2. The molecule has 3 amide bonds. The predicted octanol–water partition coefficient (Wildman–Crippen LogP) is 1.99. The largest absolute Gasteiger partial charge is 0.326 e. The number of nitrogens with one attached hydrogen (secondary N) is 1. The van der Waals surface area contributed by atoms with Gasteiger partial charge in [0.25, 0.3) is 5.91 Å². The first-order valence-electron chi connectivity index (χ1n) is 7.78. The highest BCUT2D eigenvalue weighted by Gasteiger charge is 2.53. The number of urea groups is 1. The van der Waals surface area contributed by atoms with Gasteiger partial charge in [0.2, 0.25) is 0 Å². The van der Waals surface area contributed by atoms with E-state index < -0.39 is 5.54 Å². The Bertz CT molecular complexity index is 396. The molecule has 2 aliphatic rings. The quantitative estimate of drug-likeness (QED) is 0.762. The normalized spacial score (nSPS) is 26.0. The number of carbonyl (C=O) groups excluding carboxylic acids is 2. The van der Waals surface area contributed by atoms with Crippen molar-refractivity contribution in [1.82, 2.24) is 15.1 Å². The Morgan fingerprint density at radius 1 is 1.24 bits per heavy atom. The maximum Gasteiger partial charge on any atom is 0.326 e. The Labute approximate surface area is 131 Å². The van der Waals surface area contributed by atoms with Crippen LogP contribution < -0.4 is 5.32 Å². The zero-order valence-corrected chi connectivity index (χ0v) is 14.3. The van der Waals surface area contributed by atoms with Gasteiger partial charge in [-0.3, -0.25) is 9.69 Å². The van der Waals surface area contributed by atoms with Crippen LogP contribution in [0.2, 0.25) is 0 Å². The van der Waals surface area contributed by atoms with Crippen LogP contribution in [-0.4, -0.2) is 58.5 Å². The Balaban J connectivity index is 2.05. The second kappa shape index (κ2) is 6.57. The van der Waals surface area contributed by atoms with Gasteiger partial charge in [-0.25, -0.2) is 9.69 Å². The smallest absolute Gasteiger partial charge is 0.322 e. The Hall–Kier alpha value is -0.750. The number of hydrogen-bond donors (Lipinski definition) is 1. The van der Waals surface area contributed by atoms with E-state index in [1.54, 1.807) is 11.8 Å². The molecule has 0 bridgehead atoms. The van der Waals surface area contributed by atoms with Crippen molar-refractivity contribution in [3.63, 3.8) is 0 Å². The monoisotopic (exact) mass is 313 g/mol. The number of hydrogen-bond acceptors (Lipinski definition) is 4. The number of nitrogens with zero attached hydrogens (tertiary/aromatic N) is 2. The summed E-state index contributed by atoms with van der Waals surface area (Å²) in [6.07, 6.45) is 0.757. The van der Waals surface area contributed by atoms with Gasteiger partial charge in [0.1, 0.15) is 5.54 Å². The summed E-state index contributed by atoms with van der Waals surface area (Å²) in [6.45, 7) is 10.9. The van der Waals surface area contributed by atoms with Crippen LogP contribution in [0.4, 0.5) is 4.79 Å². The molecule has 2 aliphatic heterocycles. The lowest BCUT2D eigenvalue weighted by molar-refractivity contribution is -0.132. The molecule has 1 N–H and O–H groups in total. The van der Waals surface area contributed by atoms with E-state index >= 15 is 0 Å². The Morgan fingerprint density at radius 3 is 2.33 bits per heavy atom. The van der Waals surface area contributed by atoms with E-state index in [1.807, 2.05) is 0 Å². The molecule has 2 fully saturated rings. The molecule has 120 valence electrons. The molecule has 0 aromatic heterocycles. The molecule has 5 nitrogen and oxygen atoms in total. The van der Waals surface area contributed by atoms with Crippen LogP contribution in [0.1, 0.15) is 34.1 Å². The molecule has 6 heteroatoms. The summed E-state index contributed by atoms with van der Waals surface area (Å²) in [6, 6.07) is -0.222. The van der Waals surface area contributed by atoms with Gasteiger partial charge in [0.15, 0.2) is 0 Å². The van der Waals surface area contributed by atoms with Crippen LogP contribution in [0.15, 0.2) is 0 Å². The fraction of sp³-hybridized carbons (Fsp3) is 0.867. The van der Waals surface area contributed by atoms with Gasteiger partial charge in [-0.2, -0.15) is 11.8 Å². The van der Waals surface area contributed by atoms with Crippen molar-refractivity contribution in [1.29, 1.82) is 0 Å². The van der Waals surface area contributed by atoms with Crippen LogP contribution in [0.5, 0.6) is 0 Å². The summed E-state index contributed by atoms with van der Waals surface area (Å²) in [5, 5.41) is 2.93. The standard InChI is InChI=1S/C15H27N3O2S/c1-11(2)7-17(8-12(3)4)10-18-13(19)15(16-14(18)20)5-6-21-9-15/h11-12H,5-10H2,1-4H3,(H,16,20). The Kier molecular flexibility index (Phi) is 5.20. The second-order valence-electron chi connectivity index (χ2n) is 7.01.